The van der Waals surface area contributed by atoms with Gasteiger partial charge in [0.25, 0.3) is 0 Å². The van der Waals surface area contributed by atoms with Gasteiger partial charge in [-0.15, -0.1) is 0 Å². The minimum Gasteiger partial charge on any atom is -0.497 e. The van der Waals surface area contributed by atoms with Crippen molar-refractivity contribution in [1.29, 1.82) is 0 Å². The first-order valence-corrected chi connectivity index (χ1v) is 4.02. The fourth-order valence-electron chi connectivity index (χ4n) is 1.01. The highest BCUT2D eigenvalue weighted by Crippen LogP contribution is 2.27. The topological polar surface area (TPSA) is 21.6 Å². The van der Waals surface area contributed by atoms with Gasteiger partial charge in [-0.25, -0.2) is 4.39 Å². The van der Waals surface area contributed by atoms with Gasteiger partial charge in [-0.05, 0) is 30.8 Å². The van der Waals surface area contributed by atoms with Crippen LogP contribution in [0.5, 0.6) is 5.75 Å². The minimum absolute atomic E-state index is 0.218. The molecule has 2 nitrogen and oxygen atoms in total. The van der Waals surface area contributed by atoms with Gasteiger partial charge in [0.1, 0.15) is 11.4 Å². The number of halogens is 1. The molecular formula is C9H8FNOS. The number of nitrogens with zero attached hydrogens (tertiary/aromatic N) is 1. The minimum atomic E-state index is -0.450. The summed E-state index contributed by atoms with van der Waals surface area (Å²) in [5.41, 5.74) is 0.894. The van der Waals surface area contributed by atoms with Gasteiger partial charge in [-0.1, -0.05) is 0 Å². The van der Waals surface area contributed by atoms with E-state index >= 15 is 0 Å². The third-order valence-electron chi connectivity index (χ3n) is 1.62. The first-order valence-electron chi connectivity index (χ1n) is 3.61. The van der Waals surface area contributed by atoms with Crippen molar-refractivity contribution in [3.8, 4) is 5.75 Å². The normalized spacial score (nSPS) is 9.15. The number of aryl methyl sites for hydroxylation is 1. The summed E-state index contributed by atoms with van der Waals surface area (Å²) in [7, 11) is 1.48. The molecule has 0 heterocycles. The summed E-state index contributed by atoms with van der Waals surface area (Å²) in [6.45, 7) is 1.73. The molecule has 0 bridgehead atoms. The summed E-state index contributed by atoms with van der Waals surface area (Å²) in [5.74, 6) is 0.0209. The summed E-state index contributed by atoms with van der Waals surface area (Å²) in [6.07, 6.45) is 0. The summed E-state index contributed by atoms with van der Waals surface area (Å²) < 4.78 is 18.1. The van der Waals surface area contributed by atoms with Crippen molar-refractivity contribution in [1.82, 2.24) is 0 Å². The van der Waals surface area contributed by atoms with Gasteiger partial charge in [0.2, 0.25) is 0 Å². The molecule has 0 saturated carbocycles. The molecule has 0 aromatic heterocycles. The van der Waals surface area contributed by atoms with Crippen LogP contribution in [0.4, 0.5) is 10.1 Å². The first-order chi connectivity index (χ1) is 6.19. The number of methoxy groups -OCH3 is 1. The molecule has 0 N–H and O–H groups in total. The number of isothiocyanates is 1. The van der Waals surface area contributed by atoms with E-state index in [0.717, 1.165) is 0 Å². The predicted molar refractivity (Wildman–Crippen MR) is 52.4 cm³/mol. The van der Waals surface area contributed by atoms with Crippen LogP contribution in [0, 0.1) is 12.7 Å². The number of hydrogen-bond donors (Lipinski definition) is 0. The first kappa shape index (κ1) is 9.84. The Hall–Kier alpha value is -1.25. The van der Waals surface area contributed by atoms with Crippen LogP contribution < -0.4 is 4.74 Å². The number of benzene rings is 1. The number of thiocarbonyl (C=S) groups is 1. The van der Waals surface area contributed by atoms with Crippen LogP contribution in [0.15, 0.2) is 17.1 Å². The highest BCUT2D eigenvalue weighted by molar-refractivity contribution is 7.78. The fraction of sp³-hybridized carbons (Fsp3) is 0.222. The lowest BCUT2D eigenvalue weighted by Crippen LogP contribution is -1.87. The van der Waals surface area contributed by atoms with E-state index in [4.69, 9.17) is 4.74 Å². The third kappa shape index (κ3) is 2.11. The van der Waals surface area contributed by atoms with Gasteiger partial charge in [0.05, 0.1) is 12.3 Å². The summed E-state index contributed by atoms with van der Waals surface area (Å²) >= 11 is 4.40. The molecule has 0 radical (unpaired) electrons. The molecule has 0 amide bonds. The van der Waals surface area contributed by atoms with Gasteiger partial charge < -0.3 is 4.74 Å². The fourth-order valence-corrected chi connectivity index (χ4v) is 1.10. The zero-order chi connectivity index (χ0) is 9.84. The molecule has 0 aliphatic rings. The Bertz CT molecular complexity index is 349. The highest BCUT2D eigenvalue weighted by atomic mass is 32.1. The molecule has 0 fully saturated rings. The summed E-state index contributed by atoms with van der Waals surface area (Å²) in [5, 5.41) is 2.13. The molecule has 1 rings (SSSR count). The van der Waals surface area contributed by atoms with Gasteiger partial charge >= 0.3 is 0 Å². The van der Waals surface area contributed by atoms with Crippen molar-refractivity contribution in [3.05, 3.63) is 23.5 Å². The lowest BCUT2D eigenvalue weighted by atomic mass is 10.2. The summed E-state index contributed by atoms with van der Waals surface area (Å²) in [6, 6.07) is 2.95. The van der Waals surface area contributed by atoms with Crippen LogP contribution >= 0.6 is 12.2 Å². The molecule has 0 unspecified atom stereocenters. The van der Waals surface area contributed by atoms with Crippen LogP contribution in [-0.2, 0) is 0 Å². The second-order valence-corrected chi connectivity index (χ2v) is 2.66. The van der Waals surface area contributed by atoms with E-state index in [0.29, 0.717) is 11.3 Å². The van der Waals surface area contributed by atoms with Crippen LogP contribution in [0.1, 0.15) is 5.56 Å². The standard InChI is InChI=1S/C9H8FNOS/c1-6-3-7(12-2)4-8(10)9(6)11-5-13/h3-4H,1-2H3. The quantitative estimate of drug-likeness (QED) is 0.537. The van der Waals surface area contributed by atoms with E-state index in [-0.39, 0.29) is 5.69 Å². The average molecular weight is 197 g/mol. The Kier molecular flexibility index (Phi) is 3.12. The number of ether oxygens (including phenoxy) is 1. The monoisotopic (exact) mass is 197 g/mol. The lowest BCUT2D eigenvalue weighted by molar-refractivity contribution is 0.411. The maximum atomic E-state index is 13.2. The van der Waals surface area contributed by atoms with Gasteiger partial charge in [0, 0.05) is 6.07 Å². The SMILES string of the molecule is COc1cc(C)c(N=C=S)c(F)c1. The van der Waals surface area contributed by atoms with Crippen molar-refractivity contribution in [3.63, 3.8) is 0 Å². The van der Waals surface area contributed by atoms with Crippen molar-refractivity contribution < 1.29 is 9.13 Å². The highest BCUT2D eigenvalue weighted by Gasteiger charge is 2.06. The Morgan fingerprint density at radius 1 is 1.54 bits per heavy atom. The molecule has 68 valence electrons. The zero-order valence-electron chi connectivity index (χ0n) is 7.30. The van der Waals surface area contributed by atoms with Crippen LogP contribution in [0.3, 0.4) is 0 Å². The van der Waals surface area contributed by atoms with E-state index in [2.05, 4.69) is 22.4 Å². The predicted octanol–water partition coefficient (Wildman–Crippen LogP) is 2.88. The molecular weight excluding hydrogens is 189 g/mol. The van der Waals surface area contributed by atoms with Gasteiger partial charge in [-0.3, -0.25) is 0 Å². The lowest BCUT2D eigenvalue weighted by Gasteiger charge is -2.04. The van der Waals surface area contributed by atoms with E-state index in [9.17, 15) is 4.39 Å². The smallest absolute Gasteiger partial charge is 0.153 e. The molecule has 0 atom stereocenters. The van der Waals surface area contributed by atoms with Crippen LogP contribution in [0.25, 0.3) is 0 Å². The number of hydrogen-bond acceptors (Lipinski definition) is 3. The Morgan fingerprint density at radius 2 is 2.23 bits per heavy atom. The molecule has 0 spiro atoms. The zero-order valence-corrected chi connectivity index (χ0v) is 8.11. The van der Waals surface area contributed by atoms with Crippen LogP contribution in [-0.4, -0.2) is 12.3 Å². The molecule has 4 heteroatoms. The third-order valence-corrected chi connectivity index (χ3v) is 1.71. The van der Waals surface area contributed by atoms with Crippen LogP contribution in [0.2, 0.25) is 0 Å². The molecule has 13 heavy (non-hydrogen) atoms. The maximum Gasteiger partial charge on any atom is 0.153 e. The van der Waals surface area contributed by atoms with E-state index in [1.54, 1.807) is 13.0 Å². The van der Waals surface area contributed by atoms with E-state index < -0.39 is 5.82 Å². The second kappa shape index (κ2) is 4.12. The Balaban J connectivity index is 3.30. The number of aliphatic imine (C=N–C) groups is 1. The average Bonchev–Trinajstić information content (AvgIpc) is 2.11. The molecule has 1 aromatic carbocycles. The van der Waals surface area contributed by atoms with Gasteiger partial charge in [0.15, 0.2) is 5.82 Å². The van der Waals surface area contributed by atoms with E-state index in [1.165, 1.54) is 13.2 Å². The molecule has 0 aliphatic heterocycles. The maximum absolute atomic E-state index is 13.2. The summed E-state index contributed by atoms with van der Waals surface area (Å²) in [4.78, 5) is 3.62. The second-order valence-electron chi connectivity index (χ2n) is 2.48. The van der Waals surface area contributed by atoms with Crippen molar-refractivity contribution in [2.24, 2.45) is 4.99 Å². The Morgan fingerprint density at radius 3 is 2.69 bits per heavy atom. The van der Waals surface area contributed by atoms with Crippen molar-refractivity contribution >= 4 is 23.1 Å². The largest absolute Gasteiger partial charge is 0.497 e. The molecule has 0 saturated heterocycles. The number of rotatable bonds is 2. The van der Waals surface area contributed by atoms with E-state index in [1.807, 2.05) is 0 Å². The molecule has 1 aromatic rings. The van der Waals surface area contributed by atoms with Crippen molar-refractivity contribution in [2.75, 3.05) is 7.11 Å². The van der Waals surface area contributed by atoms with Gasteiger partial charge in [-0.2, -0.15) is 4.99 Å². The Labute approximate surface area is 81.1 Å². The molecule has 0 aliphatic carbocycles. The van der Waals surface area contributed by atoms with Crippen molar-refractivity contribution in [2.45, 2.75) is 6.92 Å².